The quantitative estimate of drug-likeness (QED) is 0.280. The van der Waals surface area contributed by atoms with Crippen LogP contribution in [-0.4, -0.2) is 24.2 Å². The van der Waals surface area contributed by atoms with Crippen LogP contribution in [0.1, 0.15) is 69.2 Å². The molecule has 168 valence electrons. The third-order valence-electron chi connectivity index (χ3n) is 4.72. The highest BCUT2D eigenvalue weighted by Crippen LogP contribution is 2.18. The van der Waals surface area contributed by atoms with Crippen LogP contribution in [-0.2, 0) is 0 Å². The predicted octanol–water partition coefficient (Wildman–Crippen LogP) is 6.34. The Labute approximate surface area is 191 Å². The number of hydrogen-bond donors (Lipinski definition) is 2. The molecule has 2 aromatic rings. The molecular formula is C25H34N2O3S. The zero-order valence-electron chi connectivity index (χ0n) is 18.6. The fourth-order valence-corrected chi connectivity index (χ4v) is 3.18. The van der Waals surface area contributed by atoms with E-state index in [-0.39, 0.29) is 11.0 Å². The van der Waals surface area contributed by atoms with Crippen LogP contribution < -0.4 is 20.1 Å². The van der Waals surface area contributed by atoms with Crippen molar-refractivity contribution in [2.75, 3.05) is 18.5 Å². The fraction of sp³-hybridized carbons (Fsp3) is 0.440. The Morgan fingerprint density at radius 1 is 0.839 bits per heavy atom. The molecule has 31 heavy (non-hydrogen) atoms. The summed E-state index contributed by atoms with van der Waals surface area (Å²) in [5, 5.41) is 5.99. The maximum atomic E-state index is 12.4. The lowest BCUT2D eigenvalue weighted by Crippen LogP contribution is -2.34. The van der Waals surface area contributed by atoms with Gasteiger partial charge in [0.1, 0.15) is 11.5 Å². The maximum absolute atomic E-state index is 12.4. The van der Waals surface area contributed by atoms with Crippen LogP contribution in [0.5, 0.6) is 11.5 Å². The molecular weight excluding hydrogens is 408 g/mol. The third kappa shape index (κ3) is 9.83. The Balaban J connectivity index is 1.78. The second-order valence-corrected chi connectivity index (χ2v) is 7.83. The van der Waals surface area contributed by atoms with Gasteiger partial charge in [-0.25, -0.2) is 0 Å². The summed E-state index contributed by atoms with van der Waals surface area (Å²) in [7, 11) is 0. The molecule has 5 nitrogen and oxygen atoms in total. The summed E-state index contributed by atoms with van der Waals surface area (Å²) >= 11 is 5.29. The van der Waals surface area contributed by atoms with Crippen molar-refractivity contribution in [1.29, 1.82) is 0 Å². The molecule has 2 rings (SSSR count). The first-order valence-electron chi connectivity index (χ1n) is 11.2. The molecule has 0 radical (unpaired) electrons. The highest BCUT2D eigenvalue weighted by Gasteiger charge is 2.09. The van der Waals surface area contributed by atoms with E-state index in [1.54, 1.807) is 24.3 Å². The summed E-state index contributed by atoms with van der Waals surface area (Å²) in [6.07, 6.45) is 8.00. The topological polar surface area (TPSA) is 59.6 Å². The summed E-state index contributed by atoms with van der Waals surface area (Å²) < 4.78 is 11.5. The van der Waals surface area contributed by atoms with Crippen molar-refractivity contribution in [3.63, 3.8) is 0 Å². The third-order valence-corrected chi connectivity index (χ3v) is 4.92. The van der Waals surface area contributed by atoms with Gasteiger partial charge in [-0.1, -0.05) is 52.0 Å². The molecule has 0 aromatic heterocycles. The Kier molecular flexibility index (Phi) is 11.5. The summed E-state index contributed by atoms with van der Waals surface area (Å²) in [6, 6.07) is 14.7. The molecule has 0 spiro atoms. The van der Waals surface area contributed by atoms with Crippen molar-refractivity contribution in [1.82, 2.24) is 5.32 Å². The number of ether oxygens (including phenoxy) is 2. The molecule has 0 aliphatic rings. The van der Waals surface area contributed by atoms with Gasteiger partial charge in [-0.2, -0.15) is 0 Å². The Morgan fingerprint density at radius 2 is 1.48 bits per heavy atom. The monoisotopic (exact) mass is 442 g/mol. The first-order valence-corrected chi connectivity index (χ1v) is 11.6. The summed E-state index contributed by atoms with van der Waals surface area (Å²) in [6.45, 7) is 5.74. The Morgan fingerprint density at radius 3 is 2.19 bits per heavy atom. The highest BCUT2D eigenvalue weighted by atomic mass is 32.1. The van der Waals surface area contributed by atoms with Gasteiger partial charge in [-0.3, -0.25) is 10.1 Å². The van der Waals surface area contributed by atoms with E-state index in [0.29, 0.717) is 18.8 Å². The molecule has 6 heteroatoms. The van der Waals surface area contributed by atoms with Crippen molar-refractivity contribution < 1.29 is 14.3 Å². The summed E-state index contributed by atoms with van der Waals surface area (Å²) in [5.41, 5.74) is 1.29. The van der Waals surface area contributed by atoms with Crippen LogP contribution in [0.4, 0.5) is 5.69 Å². The highest BCUT2D eigenvalue weighted by molar-refractivity contribution is 7.80. The fourth-order valence-electron chi connectivity index (χ4n) is 2.96. The van der Waals surface area contributed by atoms with E-state index in [4.69, 9.17) is 21.7 Å². The van der Waals surface area contributed by atoms with E-state index in [0.717, 1.165) is 42.9 Å². The number of carbonyl (C=O) groups is 1. The first-order chi connectivity index (χ1) is 15.1. The molecule has 0 unspecified atom stereocenters. The largest absolute Gasteiger partial charge is 0.494 e. The molecule has 0 heterocycles. The molecule has 0 saturated heterocycles. The van der Waals surface area contributed by atoms with Gasteiger partial charge in [0.2, 0.25) is 0 Å². The minimum absolute atomic E-state index is 0.241. The van der Waals surface area contributed by atoms with Gasteiger partial charge < -0.3 is 14.8 Å². The summed E-state index contributed by atoms with van der Waals surface area (Å²) in [5.74, 6) is 1.28. The molecule has 0 aliphatic heterocycles. The van der Waals surface area contributed by atoms with Crippen LogP contribution in [0.25, 0.3) is 0 Å². The van der Waals surface area contributed by atoms with E-state index in [2.05, 4.69) is 24.5 Å². The van der Waals surface area contributed by atoms with Crippen molar-refractivity contribution in [2.24, 2.45) is 0 Å². The lowest BCUT2D eigenvalue weighted by molar-refractivity contribution is 0.0977. The number of rotatable bonds is 13. The van der Waals surface area contributed by atoms with E-state index in [1.807, 2.05) is 24.3 Å². The number of carbonyl (C=O) groups excluding carboxylic acids is 1. The van der Waals surface area contributed by atoms with E-state index >= 15 is 0 Å². The summed E-state index contributed by atoms with van der Waals surface area (Å²) in [4.78, 5) is 12.4. The number of hydrogen-bond acceptors (Lipinski definition) is 4. The smallest absolute Gasteiger partial charge is 0.257 e. The van der Waals surface area contributed by atoms with Gasteiger partial charge in [-0.15, -0.1) is 0 Å². The van der Waals surface area contributed by atoms with Gasteiger partial charge >= 0.3 is 0 Å². The average molecular weight is 443 g/mol. The average Bonchev–Trinajstić information content (AvgIpc) is 2.77. The molecule has 0 atom stereocenters. The normalized spacial score (nSPS) is 10.4. The SMILES string of the molecule is CCCCCCOc1cccc(NC(=S)NC(=O)c2ccc(OCCCCC)cc2)c1. The van der Waals surface area contributed by atoms with E-state index in [1.165, 1.54) is 19.3 Å². The Bertz CT molecular complexity index is 809. The molecule has 0 bridgehead atoms. The van der Waals surface area contributed by atoms with Crippen molar-refractivity contribution in [3.05, 3.63) is 54.1 Å². The molecule has 1 amide bonds. The van der Waals surface area contributed by atoms with Gasteiger partial charge in [0.15, 0.2) is 5.11 Å². The minimum Gasteiger partial charge on any atom is -0.494 e. The number of unbranched alkanes of at least 4 members (excludes halogenated alkanes) is 5. The van der Waals surface area contributed by atoms with Crippen molar-refractivity contribution >= 4 is 28.9 Å². The number of benzene rings is 2. The van der Waals surface area contributed by atoms with Gasteiger partial charge in [0, 0.05) is 17.3 Å². The van der Waals surface area contributed by atoms with E-state index < -0.39 is 0 Å². The van der Waals surface area contributed by atoms with Crippen LogP contribution in [0.15, 0.2) is 48.5 Å². The lowest BCUT2D eigenvalue weighted by Gasteiger charge is -2.12. The molecule has 0 fully saturated rings. The number of nitrogens with one attached hydrogen (secondary N) is 2. The standard InChI is InChI=1S/C25H34N2O3S/c1-3-5-7-9-18-30-23-12-10-11-21(19-23)26-25(31)27-24(28)20-13-15-22(16-14-20)29-17-8-6-4-2/h10-16,19H,3-9,17-18H2,1-2H3,(H2,26,27,28,31). The molecule has 0 aliphatic carbocycles. The first kappa shape index (κ1) is 24.7. The second-order valence-electron chi connectivity index (χ2n) is 7.43. The lowest BCUT2D eigenvalue weighted by atomic mass is 10.2. The van der Waals surface area contributed by atoms with Gasteiger partial charge in [0.25, 0.3) is 5.91 Å². The zero-order valence-corrected chi connectivity index (χ0v) is 19.4. The zero-order chi connectivity index (χ0) is 22.3. The van der Waals surface area contributed by atoms with Crippen LogP contribution in [0.2, 0.25) is 0 Å². The molecule has 0 saturated carbocycles. The van der Waals surface area contributed by atoms with Gasteiger partial charge in [0.05, 0.1) is 13.2 Å². The van der Waals surface area contributed by atoms with Crippen LogP contribution in [0, 0.1) is 0 Å². The maximum Gasteiger partial charge on any atom is 0.257 e. The van der Waals surface area contributed by atoms with Crippen LogP contribution in [0.3, 0.4) is 0 Å². The predicted molar refractivity (Wildman–Crippen MR) is 131 cm³/mol. The second kappa shape index (κ2) is 14.4. The van der Waals surface area contributed by atoms with Gasteiger partial charge in [-0.05, 0) is 61.5 Å². The number of anilines is 1. The van der Waals surface area contributed by atoms with Crippen LogP contribution >= 0.6 is 12.2 Å². The minimum atomic E-state index is -0.265. The van der Waals surface area contributed by atoms with Crippen molar-refractivity contribution in [2.45, 2.75) is 58.8 Å². The van der Waals surface area contributed by atoms with Crippen molar-refractivity contribution in [3.8, 4) is 11.5 Å². The van der Waals surface area contributed by atoms with E-state index in [9.17, 15) is 4.79 Å². The number of thiocarbonyl (C=S) groups is 1. The molecule has 2 N–H and O–H groups in total. The molecule has 2 aromatic carbocycles. The Hall–Kier alpha value is -2.60. The number of amides is 1.